The first-order valence-electron chi connectivity index (χ1n) is 12.1. The Kier molecular flexibility index (Phi) is 6.99. The number of anilines is 2. The van der Waals surface area contributed by atoms with E-state index in [9.17, 15) is 18.0 Å². The van der Waals surface area contributed by atoms with Gasteiger partial charge in [0.05, 0.1) is 18.4 Å². The average molecular weight is 523 g/mol. The first kappa shape index (κ1) is 25.2. The van der Waals surface area contributed by atoms with E-state index >= 15 is 0 Å². The lowest BCUT2D eigenvalue weighted by molar-refractivity contribution is -0.137. The van der Waals surface area contributed by atoms with Crippen molar-refractivity contribution >= 4 is 17.4 Å². The summed E-state index contributed by atoms with van der Waals surface area (Å²) < 4.78 is 46.4. The lowest BCUT2D eigenvalue weighted by Gasteiger charge is -2.32. The van der Waals surface area contributed by atoms with Crippen molar-refractivity contribution in [3.8, 4) is 22.8 Å². The molecule has 0 bridgehead atoms. The molecule has 1 amide bonds. The second-order valence-corrected chi connectivity index (χ2v) is 8.94. The summed E-state index contributed by atoms with van der Waals surface area (Å²) in [5, 5.41) is 6.89. The number of carbonyl (C=O) groups is 1. The van der Waals surface area contributed by atoms with E-state index in [0.29, 0.717) is 31.8 Å². The Hall–Kier alpha value is -4.41. The smallest absolute Gasteiger partial charge is 0.416 e. The molecule has 4 aromatic rings. The van der Waals surface area contributed by atoms with Gasteiger partial charge in [-0.15, -0.1) is 0 Å². The predicted molar refractivity (Wildman–Crippen MR) is 136 cm³/mol. The van der Waals surface area contributed by atoms with Crippen molar-refractivity contribution in [2.45, 2.75) is 19.0 Å². The summed E-state index contributed by atoms with van der Waals surface area (Å²) in [7, 11) is 1.28. The van der Waals surface area contributed by atoms with E-state index in [1.165, 1.54) is 13.2 Å². The molecule has 11 heteroatoms. The summed E-state index contributed by atoms with van der Waals surface area (Å²) >= 11 is 0. The monoisotopic (exact) mass is 522 g/mol. The van der Waals surface area contributed by atoms with E-state index in [0.717, 1.165) is 29.2 Å². The molecule has 1 fully saturated rings. The molecule has 0 saturated carbocycles. The summed E-state index contributed by atoms with van der Waals surface area (Å²) in [5.74, 6) is 0.708. The highest BCUT2D eigenvalue weighted by molar-refractivity contribution is 5.93. The highest BCUT2D eigenvalue weighted by Crippen LogP contribution is 2.34. The largest absolute Gasteiger partial charge is 0.497 e. The van der Waals surface area contributed by atoms with Gasteiger partial charge in [-0.2, -0.15) is 18.3 Å². The number of ether oxygens (including phenoxy) is 1. The zero-order valence-electron chi connectivity index (χ0n) is 20.5. The third kappa shape index (κ3) is 5.61. The average Bonchev–Trinajstić information content (AvgIpc) is 3.48. The van der Waals surface area contributed by atoms with Gasteiger partial charge in [-0.25, -0.2) is 14.6 Å². The van der Waals surface area contributed by atoms with Crippen LogP contribution in [0.25, 0.3) is 17.1 Å². The Morgan fingerprint density at radius 2 is 1.87 bits per heavy atom. The minimum absolute atomic E-state index is 0.0275. The number of amides is 1. The van der Waals surface area contributed by atoms with Gasteiger partial charge < -0.3 is 15.0 Å². The van der Waals surface area contributed by atoms with E-state index in [1.54, 1.807) is 17.1 Å². The van der Waals surface area contributed by atoms with Gasteiger partial charge >= 0.3 is 6.18 Å². The number of alkyl halides is 3. The molecule has 1 aliphatic rings. The molecule has 5 rings (SSSR count). The first-order valence-corrected chi connectivity index (χ1v) is 12.1. The number of carbonyl (C=O) groups excluding carboxylic acids is 1. The third-order valence-electron chi connectivity index (χ3n) is 6.44. The summed E-state index contributed by atoms with van der Waals surface area (Å²) in [5.41, 5.74) is 0.927. The fraction of sp³-hybridized carbons (Fsp3) is 0.259. The maximum absolute atomic E-state index is 13.2. The van der Waals surface area contributed by atoms with Crippen molar-refractivity contribution in [2.24, 2.45) is 5.92 Å². The first-order chi connectivity index (χ1) is 18.3. The number of aromatic nitrogens is 4. The van der Waals surface area contributed by atoms with Crippen LogP contribution in [0.5, 0.6) is 5.75 Å². The van der Waals surface area contributed by atoms with Crippen molar-refractivity contribution in [2.75, 3.05) is 30.4 Å². The van der Waals surface area contributed by atoms with E-state index in [2.05, 4.69) is 20.3 Å². The van der Waals surface area contributed by atoms with Crippen LogP contribution in [-0.2, 0) is 11.0 Å². The molecule has 1 N–H and O–H groups in total. The molecule has 1 aliphatic heterocycles. The minimum Gasteiger partial charge on any atom is -0.497 e. The molecule has 8 nitrogen and oxygen atoms in total. The van der Waals surface area contributed by atoms with Crippen molar-refractivity contribution in [1.82, 2.24) is 19.7 Å². The molecular weight excluding hydrogens is 497 g/mol. The van der Waals surface area contributed by atoms with Gasteiger partial charge in [-0.05, 0) is 49.2 Å². The fourth-order valence-corrected chi connectivity index (χ4v) is 4.44. The summed E-state index contributed by atoms with van der Waals surface area (Å²) in [6.07, 6.45) is 1.81. The van der Waals surface area contributed by atoms with Gasteiger partial charge in [-0.1, -0.05) is 12.1 Å². The maximum atomic E-state index is 13.2. The minimum atomic E-state index is -4.55. The number of methoxy groups -OCH3 is 1. The number of nitrogens with zero attached hydrogens (tertiary/aromatic N) is 5. The van der Waals surface area contributed by atoms with Crippen LogP contribution in [0, 0.1) is 5.92 Å². The van der Waals surface area contributed by atoms with Gasteiger partial charge in [0.1, 0.15) is 11.6 Å². The fourth-order valence-electron chi connectivity index (χ4n) is 4.44. The molecular formula is C27H25F3N6O2. The Morgan fingerprint density at radius 3 is 2.58 bits per heavy atom. The summed E-state index contributed by atoms with van der Waals surface area (Å²) in [6, 6.07) is 14.7. The zero-order chi connectivity index (χ0) is 26.7. The van der Waals surface area contributed by atoms with Crippen LogP contribution in [0.3, 0.4) is 0 Å². The number of piperidine rings is 1. The Labute approximate surface area is 217 Å². The maximum Gasteiger partial charge on any atom is 0.416 e. The Balaban J connectivity index is 1.24. The molecule has 2 aromatic heterocycles. The number of benzene rings is 2. The summed E-state index contributed by atoms with van der Waals surface area (Å²) in [6.45, 7) is 1.15. The zero-order valence-corrected chi connectivity index (χ0v) is 20.5. The van der Waals surface area contributed by atoms with Crippen molar-refractivity contribution in [3.63, 3.8) is 0 Å². The van der Waals surface area contributed by atoms with Crippen LogP contribution in [0.4, 0.5) is 24.7 Å². The van der Waals surface area contributed by atoms with Crippen LogP contribution in [0.2, 0.25) is 0 Å². The van der Waals surface area contributed by atoms with Gasteiger partial charge in [-0.3, -0.25) is 4.79 Å². The van der Waals surface area contributed by atoms with Gasteiger partial charge in [0, 0.05) is 54.9 Å². The Bertz CT molecular complexity index is 1420. The van der Waals surface area contributed by atoms with E-state index in [4.69, 9.17) is 9.72 Å². The number of hydrogen-bond acceptors (Lipinski definition) is 6. The lowest BCUT2D eigenvalue weighted by atomic mass is 9.95. The molecule has 196 valence electrons. The van der Waals surface area contributed by atoms with E-state index in [-0.39, 0.29) is 23.3 Å². The molecule has 1 saturated heterocycles. The van der Waals surface area contributed by atoms with E-state index < -0.39 is 11.7 Å². The lowest BCUT2D eigenvalue weighted by Crippen LogP contribution is -2.38. The highest BCUT2D eigenvalue weighted by atomic mass is 19.4. The van der Waals surface area contributed by atoms with Gasteiger partial charge in [0.15, 0.2) is 5.82 Å². The third-order valence-corrected chi connectivity index (χ3v) is 6.44. The molecule has 2 aromatic carbocycles. The molecule has 0 spiro atoms. The van der Waals surface area contributed by atoms with Crippen molar-refractivity contribution in [1.29, 1.82) is 0 Å². The van der Waals surface area contributed by atoms with Crippen LogP contribution in [-0.4, -0.2) is 45.9 Å². The Morgan fingerprint density at radius 1 is 1.05 bits per heavy atom. The van der Waals surface area contributed by atoms with Gasteiger partial charge in [0.25, 0.3) is 0 Å². The highest BCUT2D eigenvalue weighted by Gasteiger charge is 2.32. The SMILES string of the molecule is COc1cc(NC(=O)C2CCN(c3ccnc(-c4cccc(-n5cccn5)c4)n3)CC2)cc(C(F)(F)F)c1. The number of nitrogens with one attached hydrogen (secondary N) is 1. The molecule has 3 heterocycles. The summed E-state index contributed by atoms with van der Waals surface area (Å²) in [4.78, 5) is 24.1. The van der Waals surface area contributed by atoms with Crippen LogP contribution < -0.4 is 15.0 Å². The van der Waals surface area contributed by atoms with E-state index in [1.807, 2.05) is 42.6 Å². The topological polar surface area (TPSA) is 85.2 Å². The molecule has 0 atom stereocenters. The second kappa shape index (κ2) is 10.5. The standard InChI is InChI=1S/C27H25F3N6O2/c1-38-23-16-20(27(28,29)30)15-21(17-23)33-26(37)18-7-12-35(13-8-18)24-6-10-31-25(34-24)19-4-2-5-22(14-19)36-11-3-9-32-36/h2-6,9-11,14-18H,7-8,12-13H2,1H3,(H,33,37). The number of halogens is 3. The second-order valence-electron chi connectivity index (χ2n) is 8.94. The number of rotatable bonds is 6. The van der Waals surface area contributed by atoms with Crippen LogP contribution >= 0.6 is 0 Å². The van der Waals surface area contributed by atoms with Gasteiger partial charge in [0.2, 0.25) is 5.91 Å². The van der Waals surface area contributed by atoms with Crippen molar-refractivity contribution in [3.05, 3.63) is 78.8 Å². The molecule has 38 heavy (non-hydrogen) atoms. The molecule has 0 unspecified atom stereocenters. The van der Waals surface area contributed by atoms with Crippen molar-refractivity contribution < 1.29 is 22.7 Å². The predicted octanol–water partition coefficient (Wildman–Crippen LogP) is 5.21. The normalized spacial score (nSPS) is 14.4. The van der Waals surface area contributed by atoms with Crippen LogP contribution in [0.15, 0.2) is 73.2 Å². The number of hydrogen-bond donors (Lipinski definition) is 1. The molecule has 0 radical (unpaired) electrons. The van der Waals surface area contributed by atoms with Crippen LogP contribution in [0.1, 0.15) is 18.4 Å². The molecule has 0 aliphatic carbocycles. The quantitative estimate of drug-likeness (QED) is 0.374.